The van der Waals surface area contributed by atoms with E-state index in [1.54, 1.807) is 32.9 Å². The van der Waals surface area contributed by atoms with Crippen LogP contribution in [0.25, 0.3) is 0 Å². The zero-order valence-corrected chi connectivity index (χ0v) is 16.2. The molecule has 0 aliphatic heterocycles. The second-order valence-electron chi connectivity index (χ2n) is 5.94. The molecule has 7 nitrogen and oxygen atoms in total. The van der Waals surface area contributed by atoms with Crippen molar-refractivity contribution in [2.45, 2.75) is 31.7 Å². The van der Waals surface area contributed by atoms with Crippen LogP contribution in [-0.4, -0.2) is 30.7 Å². The average molecular weight is 395 g/mol. The lowest BCUT2D eigenvalue weighted by Gasteiger charge is -2.19. The van der Waals surface area contributed by atoms with Crippen molar-refractivity contribution in [3.05, 3.63) is 64.0 Å². The van der Waals surface area contributed by atoms with E-state index in [-0.39, 0.29) is 41.2 Å². The lowest BCUT2D eigenvalue weighted by molar-refractivity contribution is -0.384. The summed E-state index contributed by atoms with van der Waals surface area (Å²) in [5.41, 5.74) is 0.595. The molecule has 0 heterocycles. The summed E-state index contributed by atoms with van der Waals surface area (Å²) in [4.78, 5) is 10.7. The molecule has 0 aliphatic carbocycles. The quantitative estimate of drug-likeness (QED) is 0.540. The van der Waals surface area contributed by atoms with Crippen molar-refractivity contribution in [1.82, 2.24) is 4.31 Å². The molecule has 0 aliphatic rings. The van der Waals surface area contributed by atoms with Gasteiger partial charge in [-0.25, -0.2) is 12.8 Å². The second kappa shape index (κ2) is 8.45. The number of rotatable bonds is 8. The van der Waals surface area contributed by atoms with Gasteiger partial charge < -0.3 is 5.32 Å². The summed E-state index contributed by atoms with van der Waals surface area (Å²) < 4.78 is 39.5. The monoisotopic (exact) mass is 395 g/mol. The summed E-state index contributed by atoms with van der Waals surface area (Å²) in [7, 11) is -3.80. The van der Waals surface area contributed by atoms with Crippen molar-refractivity contribution in [3.63, 3.8) is 0 Å². The Morgan fingerprint density at radius 3 is 2.26 bits per heavy atom. The molecule has 0 amide bonds. The summed E-state index contributed by atoms with van der Waals surface area (Å²) in [5.74, 6) is -0.372. The van der Waals surface area contributed by atoms with E-state index in [0.717, 1.165) is 11.6 Å². The predicted octanol–water partition coefficient (Wildman–Crippen LogP) is 3.94. The highest BCUT2D eigenvalue weighted by Crippen LogP contribution is 2.31. The number of nitrogens with one attached hydrogen (secondary N) is 1. The van der Waals surface area contributed by atoms with Crippen LogP contribution < -0.4 is 5.32 Å². The van der Waals surface area contributed by atoms with Gasteiger partial charge in [-0.3, -0.25) is 10.1 Å². The number of nitro groups is 1. The number of nitro benzene ring substituents is 1. The minimum atomic E-state index is -3.80. The number of anilines is 1. The molecule has 2 rings (SSSR count). The van der Waals surface area contributed by atoms with Gasteiger partial charge in [-0.1, -0.05) is 26.0 Å². The first kappa shape index (κ1) is 20.8. The standard InChI is InChI=1S/C18H22FN3O4S/c1-4-21(5-2)27(25,26)16-10-11-17(18(12-16)22(23)24)20-13(3)14-6-8-15(19)9-7-14/h6-13,20H,4-5H2,1-3H3. The third kappa shape index (κ3) is 4.61. The third-order valence-corrected chi connectivity index (χ3v) is 6.30. The average Bonchev–Trinajstić information content (AvgIpc) is 2.63. The van der Waals surface area contributed by atoms with Gasteiger partial charge in [-0.05, 0) is 36.8 Å². The molecular weight excluding hydrogens is 373 g/mol. The van der Waals surface area contributed by atoms with Gasteiger partial charge >= 0.3 is 0 Å². The van der Waals surface area contributed by atoms with Crippen LogP contribution in [0.5, 0.6) is 0 Å². The van der Waals surface area contributed by atoms with Crippen LogP contribution in [0, 0.1) is 15.9 Å². The molecule has 0 saturated heterocycles. The molecule has 2 aromatic rings. The Labute approximate surface area is 158 Å². The minimum Gasteiger partial charge on any atom is -0.373 e. The molecule has 0 fully saturated rings. The molecule has 146 valence electrons. The van der Waals surface area contributed by atoms with E-state index >= 15 is 0 Å². The largest absolute Gasteiger partial charge is 0.373 e. The molecule has 0 aromatic heterocycles. The van der Waals surface area contributed by atoms with Crippen LogP contribution in [0.2, 0.25) is 0 Å². The first-order valence-electron chi connectivity index (χ1n) is 8.51. The zero-order valence-electron chi connectivity index (χ0n) is 15.3. The Kier molecular flexibility index (Phi) is 6.50. The predicted molar refractivity (Wildman–Crippen MR) is 102 cm³/mol. The van der Waals surface area contributed by atoms with Gasteiger partial charge in [0.2, 0.25) is 10.0 Å². The van der Waals surface area contributed by atoms with Gasteiger partial charge in [0.15, 0.2) is 0 Å². The van der Waals surface area contributed by atoms with Gasteiger partial charge in [0.25, 0.3) is 5.69 Å². The number of halogens is 1. The summed E-state index contributed by atoms with van der Waals surface area (Å²) in [6, 6.07) is 9.23. The molecule has 1 unspecified atom stereocenters. The van der Waals surface area contributed by atoms with Gasteiger partial charge in [0.1, 0.15) is 11.5 Å². The second-order valence-corrected chi connectivity index (χ2v) is 7.88. The van der Waals surface area contributed by atoms with Crippen LogP contribution in [0.15, 0.2) is 47.4 Å². The van der Waals surface area contributed by atoms with Gasteiger partial charge in [0.05, 0.1) is 9.82 Å². The smallest absolute Gasteiger partial charge is 0.293 e. The Bertz CT molecular complexity index is 913. The fourth-order valence-corrected chi connectivity index (χ4v) is 4.20. The summed E-state index contributed by atoms with van der Waals surface area (Å²) >= 11 is 0. The van der Waals surface area contributed by atoms with E-state index in [0.29, 0.717) is 0 Å². The van der Waals surface area contributed by atoms with Crippen molar-refractivity contribution >= 4 is 21.4 Å². The molecule has 27 heavy (non-hydrogen) atoms. The van der Waals surface area contributed by atoms with Crippen LogP contribution in [0.3, 0.4) is 0 Å². The normalized spacial score (nSPS) is 12.8. The topological polar surface area (TPSA) is 92.6 Å². The van der Waals surface area contributed by atoms with Crippen molar-refractivity contribution < 1.29 is 17.7 Å². The molecule has 0 bridgehead atoms. The van der Waals surface area contributed by atoms with E-state index in [4.69, 9.17) is 0 Å². The van der Waals surface area contributed by atoms with Crippen LogP contribution >= 0.6 is 0 Å². The third-order valence-electron chi connectivity index (χ3n) is 4.25. The minimum absolute atomic E-state index is 0.127. The Morgan fingerprint density at radius 2 is 1.74 bits per heavy atom. The van der Waals surface area contributed by atoms with Crippen molar-refractivity contribution in [3.8, 4) is 0 Å². The lowest BCUT2D eigenvalue weighted by atomic mass is 10.1. The van der Waals surface area contributed by atoms with Gasteiger partial charge in [0, 0.05) is 25.2 Å². The highest BCUT2D eigenvalue weighted by atomic mass is 32.2. The summed E-state index contributed by atoms with van der Waals surface area (Å²) in [6.45, 7) is 5.73. The number of hydrogen-bond donors (Lipinski definition) is 1. The maximum Gasteiger partial charge on any atom is 0.293 e. The van der Waals surface area contributed by atoms with E-state index in [9.17, 15) is 22.9 Å². The molecule has 1 N–H and O–H groups in total. The lowest BCUT2D eigenvalue weighted by Crippen LogP contribution is -2.30. The molecule has 0 saturated carbocycles. The molecule has 0 radical (unpaired) electrons. The van der Waals surface area contributed by atoms with Crippen LogP contribution in [0.1, 0.15) is 32.4 Å². The van der Waals surface area contributed by atoms with Gasteiger partial charge in [-0.15, -0.1) is 0 Å². The summed E-state index contributed by atoms with van der Waals surface area (Å²) in [6.07, 6.45) is 0. The highest BCUT2D eigenvalue weighted by molar-refractivity contribution is 7.89. The van der Waals surface area contributed by atoms with Crippen molar-refractivity contribution in [2.24, 2.45) is 0 Å². The fourth-order valence-electron chi connectivity index (χ4n) is 2.73. The van der Waals surface area contributed by atoms with Crippen LogP contribution in [0.4, 0.5) is 15.8 Å². The number of hydrogen-bond acceptors (Lipinski definition) is 5. The van der Waals surface area contributed by atoms with Gasteiger partial charge in [-0.2, -0.15) is 4.31 Å². The number of benzene rings is 2. The zero-order chi connectivity index (χ0) is 20.2. The molecule has 0 spiro atoms. The van der Waals surface area contributed by atoms with E-state index in [1.807, 2.05) is 0 Å². The molecular formula is C18H22FN3O4S. The molecule has 9 heteroatoms. The number of sulfonamides is 1. The maximum atomic E-state index is 13.1. The van der Waals surface area contributed by atoms with Crippen LogP contribution in [-0.2, 0) is 10.0 Å². The molecule has 1 atom stereocenters. The van der Waals surface area contributed by atoms with E-state index in [2.05, 4.69) is 5.32 Å². The highest BCUT2D eigenvalue weighted by Gasteiger charge is 2.26. The fraction of sp³-hybridized carbons (Fsp3) is 0.333. The Balaban J connectivity index is 2.38. The number of nitrogens with zero attached hydrogens (tertiary/aromatic N) is 2. The maximum absolute atomic E-state index is 13.1. The SMILES string of the molecule is CCN(CC)S(=O)(=O)c1ccc(NC(C)c2ccc(F)cc2)c([N+](=O)[O-])c1. The Morgan fingerprint density at radius 1 is 1.15 bits per heavy atom. The summed E-state index contributed by atoms with van der Waals surface area (Å²) in [5, 5.41) is 14.5. The molecule has 2 aromatic carbocycles. The van der Waals surface area contributed by atoms with E-state index in [1.165, 1.54) is 28.6 Å². The van der Waals surface area contributed by atoms with E-state index < -0.39 is 14.9 Å². The first-order valence-corrected chi connectivity index (χ1v) is 9.95. The van der Waals surface area contributed by atoms with Crippen molar-refractivity contribution in [2.75, 3.05) is 18.4 Å². The first-order chi connectivity index (χ1) is 12.7. The van der Waals surface area contributed by atoms with Crippen molar-refractivity contribution in [1.29, 1.82) is 0 Å². The Hall–Kier alpha value is -2.52.